The molecular weight excluding hydrogens is 224 g/mol. The van der Waals surface area contributed by atoms with E-state index in [0.717, 1.165) is 31.7 Å². The maximum Gasteiger partial charge on any atom is 0.253 e. The molecule has 0 bridgehead atoms. The molecule has 1 N–H and O–H groups in total. The van der Waals surface area contributed by atoms with Crippen molar-refractivity contribution in [1.82, 2.24) is 10.2 Å². The Labute approximate surface area is 109 Å². The molecule has 0 unspecified atom stereocenters. The van der Waals surface area contributed by atoms with Crippen LogP contribution in [0, 0.1) is 5.92 Å². The van der Waals surface area contributed by atoms with Crippen molar-refractivity contribution in [3.8, 4) is 0 Å². The number of carbonyl (C=O) groups is 1. The maximum absolute atomic E-state index is 12.4. The molecule has 0 atom stereocenters. The van der Waals surface area contributed by atoms with Crippen LogP contribution in [0.4, 0.5) is 0 Å². The third-order valence-corrected chi connectivity index (χ3v) is 3.63. The molecule has 1 saturated heterocycles. The Balaban J connectivity index is 1.97. The highest BCUT2D eigenvalue weighted by molar-refractivity contribution is 5.94. The standard InChI is InChI=1S/C15H22N2O/c1-2-17(12-13-8-10-16-11-9-13)15(18)14-6-4-3-5-7-14/h3-7,13,16H,2,8-12H2,1H3. The van der Waals surface area contributed by atoms with Gasteiger partial charge in [0.05, 0.1) is 0 Å². The summed E-state index contributed by atoms with van der Waals surface area (Å²) in [5.41, 5.74) is 0.799. The summed E-state index contributed by atoms with van der Waals surface area (Å²) in [6.45, 7) is 5.91. The van der Waals surface area contributed by atoms with Gasteiger partial charge in [-0.3, -0.25) is 4.79 Å². The average Bonchev–Trinajstić information content (AvgIpc) is 2.46. The van der Waals surface area contributed by atoms with Gasteiger partial charge in [-0.25, -0.2) is 0 Å². The van der Waals surface area contributed by atoms with E-state index >= 15 is 0 Å². The Hall–Kier alpha value is -1.35. The van der Waals surface area contributed by atoms with Gasteiger partial charge >= 0.3 is 0 Å². The fraction of sp³-hybridized carbons (Fsp3) is 0.533. The van der Waals surface area contributed by atoms with Gasteiger partial charge in [0, 0.05) is 18.7 Å². The van der Waals surface area contributed by atoms with Crippen LogP contribution in [0.15, 0.2) is 30.3 Å². The van der Waals surface area contributed by atoms with Crippen LogP contribution in [0.1, 0.15) is 30.1 Å². The first-order valence-electron chi connectivity index (χ1n) is 6.86. The van der Waals surface area contributed by atoms with Crippen molar-refractivity contribution in [3.63, 3.8) is 0 Å². The quantitative estimate of drug-likeness (QED) is 0.883. The SMILES string of the molecule is CCN(CC1CCNCC1)C(=O)c1ccccc1. The summed E-state index contributed by atoms with van der Waals surface area (Å²) >= 11 is 0. The number of amides is 1. The summed E-state index contributed by atoms with van der Waals surface area (Å²) in [6, 6.07) is 9.58. The van der Waals surface area contributed by atoms with E-state index in [2.05, 4.69) is 12.2 Å². The van der Waals surface area contributed by atoms with E-state index in [9.17, 15) is 4.79 Å². The van der Waals surface area contributed by atoms with Crippen molar-refractivity contribution in [2.45, 2.75) is 19.8 Å². The zero-order valence-electron chi connectivity index (χ0n) is 11.1. The van der Waals surface area contributed by atoms with Crippen LogP contribution in [0.5, 0.6) is 0 Å². The Kier molecular flexibility index (Phi) is 4.76. The number of nitrogens with one attached hydrogen (secondary N) is 1. The molecule has 0 spiro atoms. The molecule has 3 nitrogen and oxygen atoms in total. The molecule has 1 aromatic rings. The van der Waals surface area contributed by atoms with E-state index in [1.807, 2.05) is 35.2 Å². The second-order valence-electron chi connectivity index (χ2n) is 4.90. The van der Waals surface area contributed by atoms with Crippen molar-refractivity contribution in [2.75, 3.05) is 26.2 Å². The lowest BCUT2D eigenvalue weighted by Crippen LogP contribution is -2.39. The number of hydrogen-bond donors (Lipinski definition) is 1. The fourth-order valence-corrected chi connectivity index (χ4v) is 2.49. The minimum Gasteiger partial charge on any atom is -0.339 e. The number of benzene rings is 1. The summed E-state index contributed by atoms with van der Waals surface area (Å²) in [7, 11) is 0. The molecule has 1 aliphatic heterocycles. The third kappa shape index (κ3) is 3.33. The number of carbonyl (C=O) groups excluding carboxylic acids is 1. The number of rotatable bonds is 4. The molecule has 0 saturated carbocycles. The van der Waals surface area contributed by atoms with Crippen LogP contribution in [0.3, 0.4) is 0 Å². The van der Waals surface area contributed by atoms with Crippen molar-refractivity contribution < 1.29 is 4.79 Å². The van der Waals surface area contributed by atoms with E-state index in [-0.39, 0.29) is 5.91 Å². The topological polar surface area (TPSA) is 32.3 Å². The summed E-state index contributed by atoms with van der Waals surface area (Å²) in [5, 5.41) is 3.36. The second kappa shape index (κ2) is 6.55. The van der Waals surface area contributed by atoms with Gasteiger partial charge in [-0.15, -0.1) is 0 Å². The number of hydrogen-bond acceptors (Lipinski definition) is 2. The fourth-order valence-electron chi connectivity index (χ4n) is 2.49. The Morgan fingerprint density at radius 3 is 2.56 bits per heavy atom. The Morgan fingerprint density at radius 2 is 1.94 bits per heavy atom. The predicted molar refractivity (Wildman–Crippen MR) is 73.6 cm³/mol. The minimum atomic E-state index is 0.164. The molecule has 0 radical (unpaired) electrons. The van der Waals surface area contributed by atoms with Crippen LogP contribution >= 0.6 is 0 Å². The molecule has 1 heterocycles. The van der Waals surface area contributed by atoms with Crippen LogP contribution in [0.2, 0.25) is 0 Å². The van der Waals surface area contributed by atoms with Crippen LogP contribution in [-0.4, -0.2) is 37.0 Å². The van der Waals surface area contributed by atoms with Crippen molar-refractivity contribution in [1.29, 1.82) is 0 Å². The first-order chi connectivity index (χ1) is 8.81. The number of nitrogens with zero attached hydrogens (tertiary/aromatic N) is 1. The van der Waals surface area contributed by atoms with E-state index < -0.39 is 0 Å². The van der Waals surface area contributed by atoms with Gasteiger partial charge in [0.15, 0.2) is 0 Å². The zero-order valence-corrected chi connectivity index (χ0v) is 11.1. The summed E-state index contributed by atoms with van der Waals surface area (Å²) < 4.78 is 0. The Bertz CT molecular complexity index is 371. The Morgan fingerprint density at radius 1 is 1.28 bits per heavy atom. The highest BCUT2D eigenvalue weighted by Gasteiger charge is 2.20. The van der Waals surface area contributed by atoms with Gasteiger partial charge in [-0.2, -0.15) is 0 Å². The number of piperidine rings is 1. The molecule has 0 aromatic heterocycles. The molecule has 1 aliphatic rings. The maximum atomic E-state index is 12.4. The van der Waals surface area contributed by atoms with Gasteiger partial charge in [0.25, 0.3) is 5.91 Å². The molecular formula is C15H22N2O. The summed E-state index contributed by atoms with van der Waals surface area (Å²) in [6.07, 6.45) is 2.36. The lowest BCUT2D eigenvalue weighted by atomic mass is 9.97. The monoisotopic (exact) mass is 246 g/mol. The highest BCUT2D eigenvalue weighted by Crippen LogP contribution is 2.15. The van der Waals surface area contributed by atoms with E-state index in [1.54, 1.807) is 0 Å². The van der Waals surface area contributed by atoms with Crippen LogP contribution < -0.4 is 5.32 Å². The molecule has 98 valence electrons. The summed E-state index contributed by atoms with van der Waals surface area (Å²) in [5.74, 6) is 0.815. The molecule has 1 fully saturated rings. The lowest BCUT2D eigenvalue weighted by Gasteiger charge is -2.29. The van der Waals surface area contributed by atoms with Gasteiger partial charge in [-0.05, 0) is 50.9 Å². The van der Waals surface area contributed by atoms with Crippen molar-refractivity contribution >= 4 is 5.91 Å². The van der Waals surface area contributed by atoms with Gasteiger partial charge in [-0.1, -0.05) is 18.2 Å². The van der Waals surface area contributed by atoms with Gasteiger partial charge in [0.2, 0.25) is 0 Å². The predicted octanol–water partition coefficient (Wildman–Crippen LogP) is 2.15. The van der Waals surface area contributed by atoms with E-state index in [0.29, 0.717) is 5.92 Å². The van der Waals surface area contributed by atoms with Crippen LogP contribution in [-0.2, 0) is 0 Å². The van der Waals surface area contributed by atoms with E-state index in [4.69, 9.17) is 0 Å². The summed E-state index contributed by atoms with van der Waals surface area (Å²) in [4.78, 5) is 14.3. The molecule has 1 amide bonds. The second-order valence-corrected chi connectivity index (χ2v) is 4.90. The minimum absolute atomic E-state index is 0.164. The molecule has 2 rings (SSSR count). The zero-order chi connectivity index (χ0) is 12.8. The first kappa shape index (κ1) is 13.1. The normalized spacial score (nSPS) is 16.5. The first-order valence-corrected chi connectivity index (χ1v) is 6.86. The highest BCUT2D eigenvalue weighted by atomic mass is 16.2. The lowest BCUT2D eigenvalue weighted by molar-refractivity contribution is 0.0727. The van der Waals surface area contributed by atoms with Crippen LogP contribution in [0.25, 0.3) is 0 Å². The smallest absolute Gasteiger partial charge is 0.253 e. The molecule has 1 aromatic carbocycles. The largest absolute Gasteiger partial charge is 0.339 e. The van der Waals surface area contributed by atoms with Crippen molar-refractivity contribution in [3.05, 3.63) is 35.9 Å². The average molecular weight is 246 g/mol. The third-order valence-electron chi connectivity index (χ3n) is 3.63. The van der Waals surface area contributed by atoms with E-state index in [1.165, 1.54) is 12.8 Å². The van der Waals surface area contributed by atoms with Gasteiger partial charge in [0.1, 0.15) is 0 Å². The molecule has 3 heteroatoms. The van der Waals surface area contributed by atoms with Gasteiger partial charge < -0.3 is 10.2 Å². The molecule has 0 aliphatic carbocycles. The van der Waals surface area contributed by atoms with Crippen molar-refractivity contribution in [2.24, 2.45) is 5.92 Å². The molecule has 18 heavy (non-hydrogen) atoms.